The summed E-state index contributed by atoms with van der Waals surface area (Å²) in [6.45, 7) is 0.192. The number of nitrogens with zero attached hydrogens (tertiary/aromatic N) is 3. The lowest BCUT2D eigenvalue weighted by atomic mass is 10.1. The molecule has 0 saturated carbocycles. The van der Waals surface area contributed by atoms with E-state index in [-0.39, 0.29) is 18.0 Å². The van der Waals surface area contributed by atoms with E-state index in [1.807, 2.05) is 41.9 Å². The first kappa shape index (κ1) is 24.7. The molecule has 0 saturated heterocycles. The second-order valence-electron chi connectivity index (χ2n) is 8.46. The number of aromatic nitrogens is 3. The first-order chi connectivity index (χ1) is 18.0. The van der Waals surface area contributed by atoms with Crippen molar-refractivity contribution in [1.29, 1.82) is 0 Å². The van der Waals surface area contributed by atoms with Crippen molar-refractivity contribution in [3.05, 3.63) is 95.8 Å². The van der Waals surface area contributed by atoms with Gasteiger partial charge in [0, 0.05) is 40.6 Å². The molecule has 3 aromatic heterocycles. The van der Waals surface area contributed by atoms with Gasteiger partial charge in [-0.2, -0.15) is 13.2 Å². The summed E-state index contributed by atoms with van der Waals surface area (Å²) >= 11 is 1.31. The molecular weight excluding hydrogens is 497 g/mol. The third-order valence-corrected chi connectivity index (χ3v) is 6.52. The number of ether oxygens (including phenoxy) is 1. The Labute approximate surface area is 216 Å². The standard InChI is InChI=1S/C28H23F3N4OS/c29-28(30,31)23-15-22(34-27-35-25(18-37-27)21-8-5-12-32-17-21)10-11-26(23)36-13-4-3-6-19-14-20-7-1-2-9-24(20)33-16-19/h1-2,5,7-12,14-18H,3-4,6,13H2,(H,34,35). The van der Waals surface area contributed by atoms with Crippen LogP contribution >= 0.6 is 11.3 Å². The zero-order chi connectivity index (χ0) is 25.7. The molecule has 0 aliphatic heterocycles. The second kappa shape index (κ2) is 11.0. The van der Waals surface area contributed by atoms with Gasteiger partial charge >= 0.3 is 6.18 Å². The van der Waals surface area contributed by atoms with Crippen LogP contribution in [-0.4, -0.2) is 21.6 Å². The largest absolute Gasteiger partial charge is 0.493 e. The third-order valence-electron chi connectivity index (χ3n) is 5.76. The molecule has 0 amide bonds. The third kappa shape index (κ3) is 6.24. The number of thiazole rings is 1. The first-order valence-electron chi connectivity index (χ1n) is 11.8. The predicted molar refractivity (Wildman–Crippen MR) is 140 cm³/mol. The van der Waals surface area contributed by atoms with E-state index in [2.05, 4.69) is 26.3 Å². The fourth-order valence-electron chi connectivity index (χ4n) is 3.92. The molecule has 37 heavy (non-hydrogen) atoms. The van der Waals surface area contributed by atoms with E-state index in [0.29, 0.717) is 17.2 Å². The molecule has 1 N–H and O–H groups in total. The van der Waals surface area contributed by atoms with E-state index in [1.54, 1.807) is 24.5 Å². The SMILES string of the molecule is FC(F)(F)c1cc(Nc2nc(-c3cccnc3)cs2)ccc1OCCCCc1cnc2ccccc2c1. The first-order valence-corrected chi connectivity index (χ1v) is 12.6. The van der Waals surface area contributed by atoms with Crippen LogP contribution in [0.2, 0.25) is 0 Å². The topological polar surface area (TPSA) is 59.9 Å². The Morgan fingerprint density at radius 1 is 0.946 bits per heavy atom. The van der Waals surface area contributed by atoms with E-state index in [4.69, 9.17) is 4.74 Å². The zero-order valence-electron chi connectivity index (χ0n) is 19.7. The number of halogens is 3. The van der Waals surface area contributed by atoms with Crippen LogP contribution in [0, 0.1) is 0 Å². The van der Waals surface area contributed by atoms with Crippen molar-refractivity contribution in [2.75, 3.05) is 11.9 Å². The molecule has 5 aromatic rings. The van der Waals surface area contributed by atoms with Gasteiger partial charge in [0.2, 0.25) is 0 Å². The number of hydrogen-bond acceptors (Lipinski definition) is 6. The van der Waals surface area contributed by atoms with Crippen molar-refractivity contribution in [3.8, 4) is 17.0 Å². The maximum absolute atomic E-state index is 13.8. The zero-order valence-corrected chi connectivity index (χ0v) is 20.5. The van der Waals surface area contributed by atoms with Crippen LogP contribution in [0.1, 0.15) is 24.0 Å². The minimum absolute atomic E-state index is 0.180. The summed E-state index contributed by atoms with van der Waals surface area (Å²) in [4.78, 5) is 13.0. The molecule has 0 bridgehead atoms. The van der Waals surface area contributed by atoms with E-state index >= 15 is 0 Å². The Balaban J connectivity index is 1.19. The van der Waals surface area contributed by atoms with Crippen molar-refractivity contribution in [3.63, 3.8) is 0 Å². The van der Waals surface area contributed by atoms with Gasteiger partial charge in [-0.3, -0.25) is 9.97 Å². The lowest BCUT2D eigenvalue weighted by Crippen LogP contribution is -2.10. The molecule has 0 atom stereocenters. The molecule has 0 aliphatic carbocycles. The van der Waals surface area contributed by atoms with Gasteiger partial charge in [-0.15, -0.1) is 11.3 Å². The molecule has 5 nitrogen and oxygen atoms in total. The summed E-state index contributed by atoms with van der Waals surface area (Å²) in [5.74, 6) is -0.180. The summed E-state index contributed by atoms with van der Waals surface area (Å²) in [5.41, 5.74) is 3.05. The molecule has 2 aromatic carbocycles. The maximum atomic E-state index is 13.8. The van der Waals surface area contributed by atoms with Gasteiger partial charge in [0.15, 0.2) is 5.13 Å². The predicted octanol–water partition coefficient (Wildman–Crippen LogP) is 7.92. The average molecular weight is 521 g/mol. The minimum Gasteiger partial charge on any atom is -0.493 e. The Morgan fingerprint density at radius 3 is 2.68 bits per heavy atom. The number of aryl methyl sites for hydroxylation is 1. The quantitative estimate of drug-likeness (QED) is 0.200. The van der Waals surface area contributed by atoms with Crippen LogP contribution < -0.4 is 10.1 Å². The summed E-state index contributed by atoms with van der Waals surface area (Å²) in [6.07, 6.45) is 2.84. The number of para-hydroxylation sites is 1. The maximum Gasteiger partial charge on any atom is 0.420 e. The van der Waals surface area contributed by atoms with Crippen LogP contribution in [0.3, 0.4) is 0 Å². The van der Waals surface area contributed by atoms with E-state index in [0.717, 1.165) is 40.9 Å². The summed E-state index contributed by atoms with van der Waals surface area (Å²) in [5, 5.41) is 6.36. The molecule has 0 radical (unpaired) electrons. The van der Waals surface area contributed by atoms with Crippen LogP contribution in [0.15, 0.2) is 84.6 Å². The number of rotatable bonds is 9. The normalized spacial score (nSPS) is 11.5. The minimum atomic E-state index is -4.55. The van der Waals surface area contributed by atoms with Gasteiger partial charge in [0.05, 0.1) is 23.4 Å². The van der Waals surface area contributed by atoms with Crippen molar-refractivity contribution in [2.45, 2.75) is 25.4 Å². The number of pyridine rings is 2. The average Bonchev–Trinajstić information content (AvgIpc) is 3.37. The molecular formula is C28H23F3N4OS. The van der Waals surface area contributed by atoms with Gasteiger partial charge < -0.3 is 10.1 Å². The molecule has 0 spiro atoms. The van der Waals surface area contributed by atoms with Gasteiger partial charge in [-0.25, -0.2) is 4.98 Å². The van der Waals surface area contributed by atoms with Gasteiger partial charge in [-0.05, 0) is 67.3 Å². The van der Waals surface area contributed by atoms with Crippen molar-refractivity contribution in [1.82, 2.24) is 15.0 Å². The van der Waals surface area contributed by atoms with Crippen LogP contribution in [0.4, 0.5) is 24.0 Å². The number of benzene rings is 2. The molecule has 0 unspecified atom stereocenters. The highest BCUT2D eigenvalue weighted by Gasteiger charge is 2.34. The smallest absolute Gasteiger partial charge is 0.420 e. The number of alkyl halides is 3. The molecule has 3 heterocycles. The van der Waals surface area contributed by atoms with Gasteiger partial charge in [0.25, 0.3) is 0 Å². The monoisotopic (exact) mass is 520 g/mol. The van der Waals surface area contributed by atoms with Crippen LogP contribution in [-0.2, 0) is 12.6 Å². The highest BCUT2D eigenvalue weighted by Crippen LogP contribution is 2.39. The lowest BCUT2D eigenvalue weighted by Gasteiger charge is -2.15. The number of hydrogen-bond donors (Lipinski definition) is 1. The van der Waals surface area contributed by atoms with Crippen LogP contribution in [0.5, 0.6) is 5.75 Å². The lowest BCUT2D eigenvalue weighted by molar-refractivity contribution is -0.138. The van der Waals surface area contributed by atoms with E-state index < -0.39 is 11.7 Å². The molecule has 9 heteroatoms. The number of fused-ring (bicyclic) bond motifs is 1. The fourth-order valence-corrected chi connectivity index (χ4v) is 4.66. The molecule has 188 valence electrons. The van der Waals surface area contributed by atoms with Gasteiger partial charge in [-0.1, -0.05) is 18.2 Å². The summed E-state index contributed by atoms with van der Waals surface area (Å²) in [7, 11) is 0. The summed E-state index contributed by atoms with van der Waals surface area (Å²) in [6, 6.07) is 17.6. The second-order valence-corrected chi connectivity index (χ2v) is 9.31. The fraction of sp³-hybridized carbons (Fsp3) is 0.179. The Hall–Kier alpha value is -3.98. The number of unbranched alkanes of at least 4 members (excludes halogenated alkanes) is 1. The number of nitrogens with one attached hydrogen (secondary N) is 1. The highest BCUT2D eigenvalue weighted by atomic mass is 32.1. The van der Waals surface area contributed by atoms with Crippen LogP contribution in [0.25, 0.3) is 22.2 Å². The van der Waals surface area contributed by atoms with Gasteiger partial charge in [0.1, 0.15) is 5.75 Å². The molecule has 5 rings (SSSR count). The summed E-state index contributed by atoms with van der Waals surface area (Å²) < 4.78 is 46.9. The Bertz CT molecular complexity index is 1490. The van der Waals surface area contributed by atoms with Crippen molar-refractivity contribution < 1.29 is 17.9 Å². The molecule has 0 fully saturated rings. The Morgan fingerprint density at radius 2 is 1.84 bits per heavy atom. The number of anilines is 2. The molecule has 0 aliphatic rings. The Kier molecular flexibility index (Phi) is 7.32. The van der Waals surface area contributed by atoms with E-state index in [9.17, 15) is 13.2 Å². The van der Waals surface area contributed by atoms with Crippen molar-refractivity contribution in [2.24, 2.45) is 0 Å². The highest BCUT2D eigenvalue weighted by molar-refractivity contribution is 7.14. The van der Waals surface area contributed by atoms with E-state index in [1.165, 1.54) is 17.4 Å². The van der Waals surface area contributed by atoms with Crippen molar-refractivity contribution >= 4 is 33.1 Å².